The summed E-state index contributed by atoms with van der Waals surface area (Å²) in [5, 5.41) is 3.33. The number of ether oxygens (including phenoxy) is 1. The lowest BCUT2D eigenvalue weighted by molar-refractivity contribution is 0.299. The minimum Gasteiger partial charge on any atom is -0.487 e. The van der Waals surface area contributed by atoms with Crippen molar-refractivity contribution >= 4 is 0 Å². The topological polar surface area (TPSA) is 47.3 Å². The zero-order valence-corrected chi connectivity index (χ0v) is 11.6. The Kier molecular flexibility index (Phi) is 4.58. The maximum Gasteiger partial charge on any atom is 0.138 e. The van der Waals surface area contributed by atoms with Crippen molar-refractivity contribution in [1.29, 1.82) is 0 Å². The highest BCUT2D eigenvalue weighted by atomic mass is 16.5. The van der Waals surface area contributed by atoms with Crippen LogP contribution in [0, 0.1) is 6.92 Å². The Balaban J connectivity index is 1.92. The Morgan fingerprint density at radius 2 is 2.16 bits per heavy atom. The number of nitrogens with zero attached hydrogens (tertiary/aromatic N) is 1. The number of rotatable bonds is 6. The molecule has 4 heteroatoms. The van der Waals surface area contributed by atoms with Gasteiger partial charge in [0.15, 0.2) is 0 Å². The van der Waals surface area contributed by atoms with E-state index in [-0.39, 0.29) is 0 Å². The van der Waals surface area contributed by atoms with E-state index in [9.17, 15) is 0 Å². The SMILES string of the molecule is Cc1ccc(OCc2ccoc2CNC(C)C)cn1. The van der Waals surface area contributed by atoms with Gasteiger partial charge in [-0.15, -0.1) is 0 Å². The van der Waals surface area contributed by atoms with E-state index in [2.05, 4.69) is 24.1 Å². The van der Waals surface area contributed by atoms with E-state index < -0.39 is 0 Å². The molecule has 102 valence electrons. The number of hydrogen-bond donors (Lipinski definition) is 1. The molecule has 0 aliphatic rings. The van der Waals surface area contributed by atoms with Crippen molar-refractivity contribution < 1.29 is 9.15 Å². The predicted molar refractivity (Wildman–Crippen MR) is 74.0 cm³/mol. The molecule has 2 aromatic rings. The Bertz CT molecular complexity index is 503. The van der Waals surface area contributed by atoms with Gasteiger partial charge in [0.25, 0.3) is 0 Å². The first-order valence-electron chi connectivity index (χ1n) is 6.49. The van der Waals surface area contributed by atoms with E-state index in [0.717, 1.165) is 29.3 Å². The standard InChI is InChI=1S/C15H20N2O2/c1-11(2)16-9-15-13(6-7-18-15)10-19-14-5-4-12(3)17-8-14/h4-8,11,16H,9-10H2,1-3H3. The van der Waals surface area contributed by atoms with Gasteiger partial charge < -0.3 is 14.5 Å². The monoisotopic (exact) mass is 260 g/mol. The number of aryl methyl sites for hydroxylation is 1. The molecular formula is C15H20N2O2. The van der Waals surface area contributed by atoms with Crippen LogP contribution in [-0.2, 0) is 13.2 Å². The van der Waals surface area contributed by atoms with Gasteiger partial charge in [0.2, 0.25) is 0 Å². The van der Waals surface area contributed by atoms with Crippen LogP contribution in [0.2, 0.25) is 0 Å². The summed E-state index contributed by atoms with van der Waals surface area (Å²) in [6.07, 6.45) is 3.44. The van der Waals surface area contributed by atoms with Crippen LogP contribution in [0.5, 0.6) is 5.75 Å². The Hall–Kier alpha value is -1.81. The third-order valence-electron chi connectivity index (χ3n) is 2.79. The molecule has 1 N–H and O–H groups in total. The van der Waals surface area contributed by atoms with Gasteiger partial charge in [-0.2, -0.15) is 0 Å². The quantitative estimate of drug-likeness (QED) is 0.867. The number of furan rings is 1. The maximum absolute atomic E-state index is 5.70. The maximum atomic E-state index is 5.70. The molecule has 2 heterocycles. The van der Waals surface area contributed by atoms with Gasteiger partial charge in [0, 0.05) is 17.3 Å². The molecule has 0 aliphatic carbocycles. The second-order valence-corrected chi connectivity index (χ2v) is 4.83. The zero-order chi connectivity index (χ0) is 13.7. The van der Waals surface area contributed by atoms with Gasteiger partial charge in [-0.1, -0.05) is 13.8 Å². The summed E-state index contributed by atoms with van der Waals surface area (Å²) in [6.45, 7) is 7.38. The number of pyridine rings is 1. The molecule has 0 aromatic carbocycles. The Morgan fingerprint density at radius 3 is 2.84 bits per heavy atom. The Morgan fingerprint density at radius 1 is 1.32 bits per heavy atom. The van der Waals surface area contributed by atoms with Crippen molar-refractivity contribution in [2.75, 3.05) is 0 Å². The van der Waals surface area contributed by atoms with Gasteiger partial charge in [-0.05, 0) is 25.1 Å². The first kappa shape index (κ1) is 13.6. The molecule has 0 saturated heterocycles. The molecule has 0 unspecified atom stereocenters. The van der Waals surface area contributed by atoms with Gasteiger partial charge in [-0.25, -0.2) is 0 Å². The van der Waals surface area contributed by atoms with E-state index in [1.165, 1.54) is 0 Å². The zero-order valence-electron chi connectivity index (χ0n) is 11.6. The Labute approximate surface area is 113 Å². The molecule has 0 fully saturated rings. The van der Waals surface area contributed by atoms with Crippen molar-refractivity contribution in [3.05, 3.63) is 47.7 Å². The highest BCUT2D eigenvalue weighted by Crippen LogP contribution is 2.15. The average molecular weight is 260 g/mol. The normalized spacial score (nSPS) is 10.9. The van der Waals surface area contributed by atoms with Crippen molar-refractivity contribution in [3.63, 3.8) is 0 Å². The van der Waals surface area contributed by atoms with Crippen LogP contribution < -0.4 is 10.1 Å². The highest BCUT2D eigenvalue weighted by molar-refractivity contribution is 5.21. The molecule has 2 aromatic heterocycles. The lowest BCUT2D eigenvalue weighted by atomic mass is 10.2. The fraction of sp³-hybridized carbons (Fsp3) is 0.400. The van der Waals surface area contributed by atoms with E-state index in [0.29, 0.717) is 12.6 Å². The van der Waals surface area contributed by atoms with Crippen LogP contribution in [0.1, 0.15) is 30.9 Å². The number of hydrogen-bond acceptors (Lipinski definition) is 4. The number of nitrogens with one attached hydrogen (secondary N) is 1. The van der Waals surface area contributed by atoms with Crippen molar-refractivity contribution in [1.82, 2.24) is 10.3 Å². The molecule has 0 bridgehead atoms. The van der Waals surface area contributed by atoms with Gasteiger partial charge >= 0.3 is 0 Å². The summed E-state index contributed by atoms with van der Waals surface area (Å²) in [6, 6.07) is 6.24. The summed E-state index contributed by atoms with van der Waals surface area (Å²) in [5.74, 6) is 1.70. The largest absolute Gasteiger partial charge is 0.487 e. The lowest BCUT2D eigenvalue weighted by Crippen LogP contribution is -2.22. The second-order valence-electron chi connectivity index (χ2n) is 4.83. The van der Waals surface area contributed by atoms with Crippen LogP contribution in [0.15, 0.2) is 35.1 Å². The lowest BCUT2D eigenvalue weighted by Gasteiger charge is -2.09. The summed E-state index contributed by atoms with van der Waals surface area (Å²) in [5.41, 5.74) is 2.05. The van der Waals surface area contributed by atoms with Crippen LogP contribution in [0.3, 0.4) is 0 Å². The molecule has 0 radical (unpaired) electrons. The van der Waals surface area contributed by atoms with E-state index >= 15 is 0 Å². The molecule has 0 atom stereocenters. The van der Waals surface area contributed by atoms with Crippen LogP contribution in [0.4, 0.5) is 0 Å². The molecular weight excluding hydrogens is 240 g/mol. The molecule has 0 spiro atoms. The molecule has 0 aliphatic heterocycles. The van der Waals surface area contributed by atoms with E-state index in [1.807, 2.05) is 25.1 Å². The molecule has 0 amide bonds. The highest BCUT2D eigenvalue weighted by Gasteiger charge is 2.07. The van der Waals surface area contributed by atoms with Crippen LogP contribution in [-0.4, -0.2) is 11.0 Å². The van der Waals surface area contributed by atoms with E-state index in [4.69, 9.17) is 9.15 Å². The fourth-order valence-corrected chi connectivity index (χ4v) is 1.65. The van der Waals surface area contributed by atoms with Gasteiger partial charge in [0.05, 0.1) is 19.0 Å². The summed E-state index contributed by atoms with van der Waals surface area (Å²) in [4.78, 5) is 4.20. The summed E-state index contributed by atoms with van der Waals surface area (Å²) >= 11 is 0. The van der Waals surface area contributed by atoms with Gasteiger partial charge in [0.1, 0.15) is 18.1 Å². The molecule has 0 saturated carbocycles. The first-order valence-corrected chi connectivity index (χ1v) is 6.49. The summed E-state index contributed by atoms with van der Waals surface area (Å²) in [7, 11) is 0. The van der Waals surface area contributed by atoms with E-state index in [1.54, 1.807) is 12.5 Å². The first-order chi connectivity index (χ1) is 9.15. The smallest absolute Gasteiger partial charge is 0.138 e. The van der Waals surface area contributed by atoms with Crippen molar-refractivity contribution in [3.8, 4) is 5.75 Å². The molecule has 4 nitrogen and oxygen atoms in total. The minimum atomic E-state index is 0.431. The molecule has 19 heavy (non-hydrogen) atoms. The second kappa shape index (κ2) is 6.38. The summed E-state index contributed by atoms with van der Waals surface area (Å²) < 4.78 is 11.2. The predicted octanol–water partition coefficient (Wildman–Crippen LogP) is 3.06. The van der Waals surface area contributed by atoms with Crippen LogP contribution >= 0.6 is 0 Å². The van der Waals surface area contributed by atoms with Crippen molar-refractivity contribution in [2.45, 2.75) is 40.0 Å². The number of aromatic nitrogens is 1. The fourth-order valence-electron chi connectivity index (χ4n) is 1.65. The molecule has 2 rings (SSSR count). The van der Waals surface area contributed by atoms with Crippen molar-refractivity contribution in [2.24, 2.45) is 0 Å². The van der Waals surface area contributed by atoms with Gasteiger partial charge in [-0.3, -0.25) is 4.98 Å². The third kappa shape index (κ3) is 4.10. The third-order valence-corrected chi connectivity index (χ3v) is 2.79. The van der Waals surface area contributed by atoms with Crippen LogP contribution in [0.25, 0.3) is 0 Å². The minimum absolute atomic E-state index is 0.431. The average Bonchev–Trinajstić information content (AvgIpc) is 2.83.